The molecule has 0 bridgehead atoms. The zero-order valence-electron chi connectivity index (χ0n) is 22.3. The quantitative estimate of drug-likeness (QED) is 0.498. The number of aromatic nitrogens is 2. The van der Waals surface area contributed by atoms with E-state index < -0.39 is 0 Å². The first-order valence-electron chi connectivity index (χ1n) is 13.1. The maximum atomic E-state index is 13.5. The third-order valence-corrected chi connectivity index (χ3v) is 8.14. The molecule has 0 saturated carbocycles. The fourth-order valence-corrected chi connectivity index (χ4v) is 5.58. The molecule has 3 aromatic rings. The van der Waals surface area contributed by atoms with Gasteiger partial charge in [0.1, 0.15) is 23.3 Å². The van der Waals surface area contributed by atoms with Crippen LogP contribution >= 0.6 is 11.6 Å². The first kappa shape index (κ1) is 26.1. The van der Waals surface area contributed by atoms with E-state index in [0.717, 1.165) is 67.1 Å². The summed E-state index contributed by atoms with van der Waals surface area (Å²) in [5, 5.41) is 10.7. The lowest BCUT2D eigenvalue weighted by molar-refractivity contribution is 0.0736. The average molecular weight is 532 g/mol. The van der Waals surface area contributed by atoms with Crippen molar-refractivity contribution >= 4 is 29.0 Å². The van der Waals surface area contributed by atoms with Gasteiger partial charge in [0.05, 0.1) is 10.7 Å². The lowest BCUT2D eigenvalue weighted by atomic mass is 10.2. The highest BCUT2D eigenvalue weighted by Gasteiger charge is 2.28. The SMILES string of the molecule is Cc1ccc(N2CCN(C(=O)c3cc(CN4CCN(c5ccccc5Cl)CC4)c(C#N)n3C)CC2)nc1C. The molecule has 0 atom stereocenters. The maximum absolute atomic E-state index is 13.5. The van der Waals surface area contributed by atoms with Crippen molar-refractivity contribution in [3.8, 4) is 6.07 Å². The minimum atomic E-state index is -0.0218. The van der Waals surface area contributed by atoms with Gasteiger partial charge in [-0.3, -0.25) is 9.69 Å². The van der Waals surface area contributed by atoms with E-state index in [9.17, 15) is 10.1 Å². The molecule has 4 heterocycles. The molecule has 2 aliphatic rings. The Hall–Kier alpha value is -3.54. The van der Waals surface area contributed by atoms with E-state index in [1.807, 2.05) is 43.1 Å². The third-order valence-electron chi connectivity index (χ3n) is 7.82. The molecule has 0 radical (unpaired) electrons. The van der Waals surface area contributed by atoms with Crippen molar-refractivity contribution in [1.82, 2.24) is 19.4 Å². The summed E-state index contributed by atoms with van der Waals surface area (Å²) in [6, 6.07) is 16.3. The number of aryl methyl sites for hydroxylation is 2. The topological polar surface area (TPSA) is 71.6 Å². The number of piperazine rings is 2. The van der Waals surface area contributed by atoms with Gasteiger partial charge in [-0.05, 0) is 43.7 Å². The molecule has 2 aromatic heterocycles. The molecule has 0 spiro atoms. The van der Waals surface area contributed by atoms with Gasteiger partial charge in [0.15, 0.2) is 0 Å². The van der Waals surface area contributed by atoms with Crippen LogP contribution < -0.4 is 9.80 Å². The number of benzene rings is 1. The van der Waals surface area contributed by atoms with Crippen molar-refractivity contribution in [3.63, 3.8) is 0 Å². The highest BCUT2D eigenvalue weighted by molar-refractivity contribution is 6.33. The Morgan fingerprint density at radius 1 is 0.974 bits per heavy atom. The van der Waals surface area contributed by atoms with Crippen LogP contribution in [0.25, 0.3) is 0 Å². The van der Waals surface area contributed by atoms with Crippen molar-refractivity contribution in [3.05, 3.63) is 75.7 Å². The minimum absolute atomic E-state index is 0.0218. The van der Waals surface area contributed by atoms with E-state index in [1.54, 1.807) is 4.57 Å². The molecule has 2 saturated heterocycles. The summed E-state index contributed by atoms with van der Waals surface area (Å²) in [7, 11) is 1.82. The summed E-state index contributed by atoms with van der Waals surface area (Å²) in [5.74, 6) is 0.939. The number of nitriles is 1. The molecule has 198 valence electrons. The standard InChI is InChI=1S/C29H34ClN7O/c1-21-8-9-28(32-22(21)2)36-14-16-37(17-15-36)29(38)26-18-23(27(19-31)33(26)3)20-34-10-12-35(13-11-34)25-7-5-4-6-24(25)30/h4-9,18H,10-17,20H2,1-3H3. The third kappa shape index (κ3) is 5.22. The lowest BCUT2D eigenvalue weighted by Crippen LogP contribution is -2.49. The summed E-state index contributed by atoms with van der Waals surface area (Å²) >= 11 is 6.39. The van der Waals surface area contributed by atoms with Gasteiger partial charge < -0.3 is 19.3 Å². The number of rotatable bonds is 5. The number of carbonyl (C=O) groups excluding carboxylic acids is 1. The van der Waals surface area contributed by atoms with E-state index in [2.05, 4.69) is 45.9 Å². The summed E-state index contributed by atoms with van der Waals surface area (Å²) in [6.07, 6.45) is 0. The number of anilines is 2. The Morgan fingerprint density at radius 2 is 1.66 bits per heavy atom. The number of hydrogen-bond donors (Lipinski definition) is 0. The summed E-state index contributed by atoms with van der Waals surface area (Å²) in [5.41, 5.74) is 5.31. The van der Waals surface area contributed by atoms with Crippen molar-refractivity contribution in [1.29, 1.82) is 5.26 Å². The van der Waals surface area contributed by atoms with Gasteiger partial charge in [0.2, 0.25) is 0 Å². The molecule has 0 N–H and O–H groups in total. The molecule has 8 nitrogen and oxygen atoms in total. The van der Waals surface area contributed by atoms with Crippen molar-refractivity contribution in [2.45, 2.75) is 20.4 Å². The van der Waals surface area contributed by atoms with Gasteiger partial charge in [-0.25, -0.2) is 4.98 Å². The van der Waals surface area contributed by atoms with Crippen LogP contribution in [0.2, 0.25) is 5.02 Å². The van der Waals surface area contributed by atoms with Gasteiger partial charge in [0.25, 0.3) is 5.91 Å². The summed E-state index contributed by atoms with van der Waals surface area (Å²) < 4.78 is 1.76. The van der Waals surface area contributed by atoms with Crippen LogP contribution in [0.5, 0.6) is 0 Å². The van der Waals surface area contributed by atoms with Crippen LogP contribution in [0.4, 0.5) is 11.5 Å². The highest BCUT2D eigenvalue weighted by Crippen LogP contribution is 2.27. The predicted octanol–water partition coefficient (Wildman–Crippen LogP) is 3.85. The zero-order chi connectivity index (χ0) is 26.8. The predicted molar refractivity (Wildman–Crippen MR) is 151 cm³/mol. The number of amides is 1. The van der Waals surface area contributed by atoms with Crippen molar-refractivity contribution in [2.24, 2.45) is 7.05 Å². The molecule has 5 rings (SSSR count). The normalized spacial score (nSPS) is 16.6. The Bertz CT molecular complexity index is 1360. The minimum Gasteiger partial charge on any atom is -0.368 e. The second-order valence-electron chi connectivity index (χ2n) is 10.1. The van der Waals surface area contributed by atoms with Gasteiger partial charge in [-0.2, -0.15) is 5.26 Å². The Labute approximate surface area is 229 Å². The molecule has 0 aliphatic carbocycles. The second kappa shape index (κ2) is 11.1. The lowest BCUT2D eigenvalue weighted by Gasteiger charge is -2.36. The molecule has 2 aliphatic heterocycles. The molecule has 38 heavy (non-hydrogen) atoms. The van der Waals surface area contributed by atoms with Gasteiger partial charge in [0, 0.05) is 77.2 Å². The van der Waals surface area contributed by atoms with Crippen LogP contribution in [0.3, 0.4) is 0 Å². The smallest absolute Gasteiger partial charge is 0.270 e. The van der Waals surface area contributed by atoms with Crippen LogP contribution in [0.15, 0.2) is 42.5 Å². The van der Waals surface area contributed by atoms with Gasteiger partial charge in [-0.15, -0.1) is 0 Å². The second-order valence-corrected chi connectivity index (χ2v) is 10.5. The number of carbonyl (C=O) groups is 1. The number of nitrogens with zero attached hydrogens (tertiary/aromatic N) is 7. The number of halogens is 1. The number of hydrogen-bond acceptors (Lipinski definition) is 6. The first-order chi connectivity index (χ1) is 18.4. The van der Waals surface area contributed by atoms with Gasteiger partial charge in [-0.1, -0.05) is 29.8 Å². The molecular weight excluding hydrogens is 498 g/mol. The maximum Gasteiger partial charge on any atom is 0.270 e. The summed E-state index contributed by atoms with van der Waals surface area (Å²) in [6.45, 7) is 10.9. The van der Waals surface area contributed by atoms with E-state index in [0.29, 0.717) is 31.0 Å². The number of para-hydroxylation sites is 1. The monoisotopic (exact) mass is 531 g/mol. The highest BCUT2D eigenvalue weighted by atomic mass is 35.5. The van der Waals surface area contributed by atoms with Crippen LogP contribution in [0.1, 0.15) is 33.0 Å². The Kier molecular flexibility index (Phi) is 7.59. The molecule has 1 amide bonds. The number of pyridine rings is 1. The van der Waals surface area contributed by atoms with Crippen molar-refractivity contribution in [2.75, 3.05) is 62.2 Å². The molecule has 0 unspecified atom stereocenters. The van der Waals surface area contributed by atoms with E-state index in [1.165, 1.54) is 5.56 Å². The fraction of sp³-hybridized carbons (Fsp3) is 0.414. The summed E-state index contributed by atoms with van der Waals surface area (Å²) in [4.78, 5) is 27.0. The zero-order valence-corrected chi connectivity index (χ0v) is 23.1. The molecule has 2 fully saturated rings. The Morgan fingerprint density at radius 3 is 2.32 bits per heavy atom. The largest absolute Gasteiger partial charge is 0.368 e. The van der Waals surface area contributed by atoms with Crippen LogP contribution in [-0.4, -0.2) is 77.6 Å². The Balaban J connectivity index is 1.22. The molecule has 1 aromatic carbocycles. The molecule has 9 heteroatoms. The van der Waals surface area contributed by atoms with Crippen LogP contribution in [-0.2, 0) is 13.6 Å². The van der Waals surface area contributed by atoms with E-state index in [-0.39, 0.29) is 5.91 Å². The fourth-order valence-electron chi connectivity index (χ4n) is 5.33. The van der Waals surface area contributed by atoms with Crippen molar-refractivity contribution < 1.29 is 4.79 Å². The van der Waals surface area contributed by atoms with Crippen LogP contribution in [0, 0.1) is 25.2 Å². The average Bonchev–Trinajstić information content (AvgIpc) is 3.25. The van der Waals surface area contributed by atoms with E-state index >= 15 is 0 Å². The van der Waals surface area contributed by atoms with Gasteiger partial charge >= 0.3 is 0 Å². The first-order valence-corrected chi connectivity index (χ1v) is 13.5. The molecular formula is C29H34ClN7O. The van der Waals surface area contributed by atoms with E-state index in [4.69, 9.17) is 16.6 Å².